The van der Waals surface area contributed by atoms with Crippen molar-refractivity contribution >= 4 is 27.8 Å². The minimum Gasteiger partial charge on any atom is -0.351 e. The van der Waals surface area contributed by atoms with Crippen molar-refractivity contribution in [3.63, 3.8) is 0 Å². The molecule has 0 saturated heterocycles. The number of carbonyl (C=O) groups is 2. The van der Waals surface area contributed by atoms with Crippen LogP contribution in [0.15, 0.2) is 72.8 Å². The summed E-state index contributed by atoms with van der Waals surface area (Å²) in [6.07, 6.45) is -7.08. The van der Waals surface area contributed by atoms with Crippen molar-refractivity contribution in [3.8, 4) is 0 Å². The molecule has 248 valence electrons. The molecule has 1 saturated carbocycles. The summed E-state index contributed by atoms with van der Waals surface area (Å²) in [5.41, 5.74) is 2.77. The molecule has 0 heterocycles. The number of carbonyl (C=O) groups excluding carboxylic acids is 2. The fourth-order valence-corrected chi connectivity index (χ4v) is 6.74. The number of amides is 3. The van der Waals surface area contributed by atoms with Crippen molar-refractivity contribution in [1.29, 1.82) is 0 Å². The average molecular weight is 671 g/mol. The van der Waals surface area contributed by atoms with E-state index in [1.165, 1.54) is 0 Å². The van der Waals surface area contributed by atoms with E-state index in [1.807, 2.05) is 12.1 Å². The maximum atomic E-state index is 13.5. The Kier molecular flexibility index (Phi) is 10.7. The number of benzene rings is 3. The number of primary amides is 1. The molecule has 3 amide bonds. The minimum absolute atomic E-state index is 0.0412. The third kappa shape index (κ3) is 9.45. The maximum absolute atomic E-state index is 13.5. The summed E-state index contributed by atoms with van der Waals surface area (Å²) in [5.74, 6) is -1.53. The number of anilines is 1. The van der Waals surface area contributed by atoms with Crippen LogP contribution in [-0.4, -0.2) is 31.2 Å². The Morgan fingerprint density at radius 2 is 1.35 bits per heavy atom. The minimum atomic E-state index is -5.21. The molecule has 0 spiro atoms. The van der Waals surface area contributed by atoms with E-state index in [2.05, 4.69) is 5.32 Å². The predicted octanol–water partition coefficient (Wildman–Crippen LogP) is 6.74. The normalized spacial score (nSPS) is 17.5. The molecule has 15 heteroatoms. The lowest BCUT2D eigenvalue weighted by Crippen LogP contribution is -2.45. The van der Waals surface area contributed by atoms with Gasteiger partial charge < -0.3 is 11.1 Å². The first-order valence-electron chi connectivity index (χ1n) is 14.3. The Hall–Kier alpha value is -4.11. The van der Waals surface area contributed by atoms with Crippen LogP contribution in [-0.2, 0) is 35.5 Å². The lowest BCUT2D eigenvalue weighted by atomic mass is 9.79. The van der Waals surface area contributed by atoms with Crippen molar-refractivity contribution in [1.82, 2.24) is 9.03 Å². The average Bonchev–Trinajstić information content (AvgIpc) is 2.97. The van der Waals surface area contributed by atoms with Gasteiger partial charge in [-0.15, -0.1) is 0 Å². The second-order valence-corrected chi connectivity index (χ2v) is 12.9. The number of rotatable bonds is 10. The summed E-state index contributed by atoms with van der Waals surface area (Å²) < 4.78 is 110. The van der Waals surface area contributed by atoms with Crippen LogP contribution in [0.3, 0.4) is 0 Å². The Morgan fingerprint density at radius 3 is 1.91 bits per heavy atom. The van der Waals surface area contributed by atoms with E-state index in [0.717, 1.165) is 22.7 Å². The molecule has 0 atom stereocenters. The van der Waals surface area contributed by atoms with E-state index in [-0.39, 0.29) is 43.1 Å². The van der Waals surface area contributed by atoms with Crippen molar-refractivity contribution in [2.45, 2.75) is 51.0 Å². The molecule has 3 aromatic carbocycles. The maximum Gasteiger partial charge on any atom is 0.416 e. The first kappa shape index (κ1) is 34.8. The molecule has 0 aromatic heterocycles. The van der Waals surface area contributed by atoms with Gasteiger partial charge in [-0.1, -0.05) is 48.5 Å². The van der Waals surface area contributed by atoms with Gasteiger partial charge in [-0.05, 0) is 79.3 Å². The van der Waals surface area contributed by atoms with Crippen LogP contribution in [0.25, 0.3) is 0 Å². The lowest BCUT2D eigenvalue weighted by Gasteiger charge is -2.32. The molecule has 3 aromatic rings. The van der Waals surface area contributed by atoms with Crippen molar-refractivity contribution in [3.05, 3.63) is 101 Å². The Bertz CT molecular complexity index is 1610. The van der Waals surface area contributed by atoms with Crippen LogP contribution in [0.1, 0.15) is 58.3 Å². The largest absolute Gasteiger partial charge is 0.416 e. The molecule has 0 aliphatic heterocycles. The third-order valence-electron chi connectivity index (χ3n) is 7.83. The molecular weight excluding hydrogens is 638 g/mol. The van der Waals surface area contributed by atoms with Crippen LogP contribution in [0.4, 0.5) is 36.8 Å². The Morgan fingerprint density at radius 1 is 0.804 bits per heavy atom. The van der Waals surface area contributed by atoms with E-state index in [4.69, 9.17) is 5.73 Å². The number of nitrogens with zero attached hydrogens (tertiary/aromatic N) is 1. The van der Waals surface area contributed by atoms with Gasteiger partial charge in [0, 0.05) is 24.3 Å². The molecule has 1 fully saturated rings. The van der Waals surface area contributed by atoms with Gasteiger partial charge in [0.15, 0.2) is 0 Å². The fourth-order valence-electron chi connectivity index (χ4n) is 5.53. The first-order valence-corrected chi connectivity index (χ1v) is 15.8. The summed E-state index contributed by atoms with van der Waals surface area (Å²) >= 11 is 0. The standard InChI is InChI=1S/C31H32F6N4O4S/c32-30(33,34)25-15-24(16-26(17-25)31(35,36)37)28(42)40-46(44,45)41(18-21-6-2-1-3-7-21)19-22-12-10-20(11-13-22)14-23-8-4-5-9-27(23)39-29(38)43/h1-9,15-17,20,22H,10-14,18-19H2,(H,40,42)(H3,38,39,43). The Labute approximate surface area is 262 Å². The van der Waals surface area contributed by atoms with Gasteiger partial charge >= 0.3 is 28.6 Å². The zero-order valence-corrected chi connectivity index (χ0v) is 25.2. The predicted molar refractivity (Wildman–Crippen MR) is 158 cm³/mol. The Balaban J connectivity index is 1.50. The van der Waals surface area contributed by atoms with Gasteiger partial charge in [-0.2, -0.15) is 39.1 Å². The molecule has 4 rings (SSSR count). The number of hydrogen-bond donors (Lipinski definition) is 3. The first-order chi connectivity index (χ1) is 21.5. The highest BCUT2D eigenvalue weighted by molar-refractivity contribution is 7.87. The molecule has 0 radical (unpaired) electrons. The molecule has 46 heavy (non-hydrogen) atoms. The number of halogens is 6. The number of para-hydroxylation sites is 1. The third-order valence-corrected chi connectivity index (χ3v) is 9.23. The number of nitrogens with two attached hydrogens (primary N) is 1. The summed E-state index contributed by atoms with van der Waals surface area (Å²) in [7, 11) is -4.72. The van der Waals surface area contributed by atoms with Crippen LogP contribution in [0.5, 0.6) is 0 Å². The zero-order valence-electron chi connectivity index (χ0n) is 24.4. The van der Waals surface area contributed by atoms with Crippen molar-refractivity contribution in [2.24, 2.45) is 17.6 Å². The second kappa shape index (κ2) is 14.1. The summed E-state index contributed by atoms with van der Waals surface area (Å²) in [4.78, 5) is 24.3. The summed E-state index contributed by atoms with van der Waals surface area (Å²) in [5, 5.41) is 2.61. The quantitative estimate of drug-likeness (QED) is 0.207. The van der Waals surface area contributed by atoms with Gasteiger partial charge in [0.1, 0.15) is 0 Å². The molecule has 1 aliphatic carbocycles. The molecule has 0 unspecified atom stereocenters. The van der Waals surface area contributed by atoms with Gasteiger partial charge in [-0.3, -0.25) is 4.79 Å². The summed E-state index contributed by atoms with van der Waals surface area (Å²) in [6.45, 7) is -0.230. The van der Waals surface area contributed by atoms with Crippen LogP contribution >= 0.6 is 0 Å². The van der Waals surface area contributed by atoms with Crippen LogP contribution < -0.4 is 15.8 Å². The van der Waals surface area contributed by atoms with Crippen LogP contribution in [0, 0.1) is 11.8 Å². The van der Waals surface area contributed by atoms with Gasteiger partial charge in [0.05, 0.1) is 11.1 Å². The highest BCUT2D eigenvalue weighted by Crippen LogP contribution is 2.37. The van der Waals surface area contributed by atoms with E-state index >= 15 is 0 Å². The molecule has 8 nitrogen and oxygen atoms in total. The van der Waals surface area contributed by atoms with Crippen LogP contribution in [0.2, 0.25) is 0 Å². The number of nitrogens with one attached hydrogen (secondary N) is 2. The van der Waals surface area contributed by atoms with Crippen molar-refractivity contribution in [2.75, 3.05) is 11.9 Å². The lowest BCUT2D eigenvalue weighted by molar-refractivity contribution is -0.143. The number of urea groups is 1. The molecular formula is C31H32F6N4O4S. The van der Waals surface area contributed by atoms with Gasteiger partial charge in [0.25, 0.3) is 5.91 Å². The van der Waals surface area contributed by atoms with E-state index in [0.29, 0.717) is 30.5 Å². The number of alkyl halides is 6. The molecule has 1 aliphatic rings. The smallest absolute Gasteiger partial charge is 0.351 e. The fraction of sp³-hybridized carbons (Fsp3) is 0.355. The van der Waals surface area contributed by atoms with Crippen molar-refractivity contribution < 1.29 is 44.3 Å². The van der Waals surface area contributed by atoms with Gasteiger partial charge in [-0.25, -0.2) is 9.52 Å². The van der Waals surface area contributed by atoms with E-state index in [1.54, 1.807) is 47.2 Å². The highest BCUT2D eigenvalue weighted by Gasteiger charge is 2.38. The SMILES string of the molecule is NC(=O)Nc1ccccc1CC1CCC(CN(Cc2ccccc2)S(=O)(=O)NC(=O)c2cc(C(F)(F)F)cc(C(F)(F)F)c2)CC1. The monoisotopic (exact) mass is 670 g/mol. The highest BCUT2D eigenvalue weighted by atomic mass is 32.2. The second-order valence-electron chi connectivity index (χ2n) is 11.2. The van der Waals surface area contributed by atoms with E-state index < -0.39 is 51.2 Å². The molecule has 4 N–H and O–H groups in total. The zero-order chi connectivity index (χ0) is 33.7. The van der Waals surface area contributed by atoms with Gasteiger partial charge in [0.2, 0.25) is 0 Å². The van der Waals surface area contributed by atoms with E-state index in [9.17, 15) is 44.3 Å². The molecule has 0 bridgehead atoms. The summed E-state index contributed by atoms with van der Waals surface area (Å²) in [6, 6.07) is 15.2. The number of hydrogen-bond acceptors (Lipinski definition) is 4. The topological polar surface area (TPSA) is 122 Å².